The van der Waals surface area contributed by atoms with Crippen LogP contribution in [0, 0.1) is 0 Å². The first-order valence-corrected chi connectivity index (χ1v) is 6.50. The highest BCUT2D eigenvalue weighted by molar-refractivity contribution is 9.10. The Kier molecular flexibility index (Phi) is 4.52. The molecule has 0 unspecified atom stereocenters. The first kappa shape index (κ1) is 13.5. The van der Waals surface area contributed by atoms with Gasteiger partial charge in [0, 0.05) is 23.4 Å². The van der Waals surface area contributed by atoms with Crippen LogP contribution in [0.15, 0.2) is 47.2 Å². The molecule has 0 aliphatic heterocycles. The van der Waals surface area contributed by atoms with Gasteiger partial charge in [0.05, 0.1) is 12.7 Å². The number of nitrogens with one attached hydrogen (secondary N) is 1. The second-order valence-corrected chi connectivity index (χ2v) is 4.74. The molecule has 0 spiro atoms. The summed E-state index contributed by atoms with van der Waals surface area (Å²) in [6, 6.07) is 9.01. The summed E-state index contributed by atoms with van der Waals surface area (Å²) in [7, 11) is 1.57. The molecule has 1 aromatic carbocycles. The lowest BCUT2D eigenvalue weighted by atomic mass is 10.2. The van der Waals surface area contributed by atoms with Crippen LogP contribution < -0.4 is 10.1 Å². The summed E-state index contributed by atoms with van der Waals surface area (Å²) in [5.41, 5.74) is 1.55. The van der Waals surface area contributed by atoms with Gasteiger partial charge in [0.25, 0.3) is 5.91 Å². The Morgan fingerprint density at radius 2 is 2.05 bits per heavy atom. The van der Waals surface area contributed by atoms with E-state index >= 15 is 0 Å². The molecule has 0 aliphatic rings. The van der Waals surface area contributed by atoms with E-state index in [-0.39, 0.29) is 5.91 Å². The fourth-order valence-corrected chi connectivity index (χ4v) is 2.01. The summed E-state index contributed by atoms with van der Waals surface area (Å²) < 4.78 is 5.85. The van der Waals surface area contributed by atoms with E-state index in [0.717, 1.165) is 10.0 Å². The summed E-state index contributed by atoms with van der Waals surface area (Å²) in [5, 5.41) is 2.86. The lowest BCUT2D eigenvalue weighted by molar-refractivity contribution is 0.0950. The molecular formula is C14H13BrN2O2. The molecule has 0 saturated carbocycles. The van der Waals surface area contributed by atoms with Gasteiger partial charge in [-0.3, -0.25) is 9.78 Å². The number of halogens is 1. The van der Waals surface area contributed by atoms with Crippen LogP contribution in [0.2, 0.25) is 0 Å². The molecule has 0 atom stereocenters. The van der Waals surface area contributed by atoms with Crippen LogP contribution >= 0.6 is 15.9 Å². The standard InChI is InChI=1S/C14H13BrN2O2/c1-19-11-2-3-13(15)12(8-11)14(18)17-9-10-4-6-16-7-5-10/h2-8H,9H2,1H3,(H,17,18). The van der Waals surface area contributed by atoms with Crippen molar-refractivity contribution in [1.82, 2.24) is 10.3 Å². The highest BCUT2D eigenvalue weighted by Gasteiger charge is 2.10. The number of methoxy groups -OCH3 is 1. The van der Waals surface area contributed by atoms with Gasteiger partial charge < -0.3 is 10.1 Å². The lowest BCUT2D eigenvalue weighted by Gasteiger charge is -2.08. The highest BCUT2D eigenvalue weighted by Crippen LogP contribution is 2.22. The molecule has 2 rings (SSSR count). The van der Waals surface area contributed by atoms with Crippen molar-refractivity contribution >= 4 is 21.8 Å². The predicted octanol–water partition coefficient (Wildman–Crippen LogP) is 2.78. The van der Waals surface area contributed by atoms with Gasteiger partial charge >= 0.3 is 0 Å². The number of aromatic nitrogens is 1. The van der Waals surface area contributed by atoms with E-state index in [4.69, 9.17) is 4.74 Å². The molecule has 19 heavy (non-hydrogen) atoms. The molecule has 0 fully saturated rings. The van der Waals surface area contributed by atoms with Gasteiger partial charge in [-0.05, 0) is 51.8 Å². The summed E-state index contributed by atoms with van der Waals surface area (Å²) in [6.07, 6.45) is 3.39. The van der Waals surface area contributed by atoms with E-state index in [1.54, 1.807) is 37.7 Å². The van der Waals surface area contributed by atoms with Crippen LogP contribution in [0.1, 0.15) is 15.9 Å². The predicted molar refractivity (Wildman–Crippen MR) is 76.1 cm³/mol. The van der Waals surface area contributed by atoms with Crippen molar-refractivity contribution in [3.05, 3.63) is 58.3 Å². The van der Waals surface area contributed by atoms with Crippen LogP contribution in [0.3, 0.4) is 0 Å². The second-order valence-electron chi connectivity index (χ2n) is 3.88. The SMILES string of the molecule is COc1ccc(Br)c(C(=O)NCc2ccncc2)c1. The number of rotatable bonds is 4. The Balaban J connectivity index is 2.08. The molecule has 1 heterocycles. The monoisotopic (exact) mass is 320 g/mol. The number of carbonyl (C=O) groups is 1. The first-order valence-electron chi connectivity index (χ1n) is 5.71. The fraction of sp³-hybridized carbons (Fsp3) is 0.143. The number of hydrogen-bond acceptors (Lipinski definition) is 3. The number of hydrogen-bond donors (Lipinski definition) is 1. The zero-order valence-corrected chi connectivity index (χ0v) is 12.0. The number of ether oxygens (including phenoxy) is 1. The minimum atomic E-state index is -0.150. The topological polar surface area (TPSA) is 51.2 Å². The highest BCUT2D eigenvalue weighted by atomic mass is 79.9. The number of carbonyl (C=O) groups excluding carboxylic acids is 1. The number of amides is 1. The third-order valence-electron chi connectivity index (χ3n) is 2.62. The third-order valence-corrected chi connectivity index (χ3v) is 3.31. The molecule has 0 bridgehead atoms. The minimum Gasteiger partial charge on any atom is -0.497 e. The van der Waals surface area contributed by atoms with Gasteiger partial charge in [-0.2, -0.15) is 0 Å². The molecule has 1 N–H and O–H groups in total. The zero-order chi connectivity index (χ0) is 13.7. The van der Waals surface area contributed by atoms with Crippen molar-refractivity contribution < 1.29 is 9.53 Å². The molecule has 2 aromatic rings. The molecule has 0 aliphatic carbocycles. The fourth-order valence-electron chi connectivity index (χ4n) is 1.58. The normalized spacial score (nSPS) is 10.0. The van der Waals surface area contributed by atoms with Gasteiger partial charge in [-0.15, -0.1) is 0 Å². The Labute approximate surface area is 119 Å². The average molecular weight is 321 g/mol. The van der Waals surface area contributed by atoms with E-state index in [1.165, 1.54) is 0 Å². The van der Waals surface area contributed by atoms with Crippen LogP contribution in [0.5, 0.6) is 5.75 Å². The maximum Gasteiger partial charge on any atom is 0.252 e. The van der Waals surface area contributed by atoms with Crippen LogP contribution in [-0.4, -0.2) is 18.0 Å². The van der Waals surface area contributed by atoms with E-state index < -0.39 is 0 Å². The maximum absolute atomic E-state index is 12.1. The third kappa shape index (κ3) is 3.54. The van der Waals surface area contributed by atoms with Crippen LogP contribution in [0.4, 0.5) is 0 Å². The molecule has 0 saturated heterocycles. The lowest BCUT2D eigenvalue weighted by Crippen LogP contribution is -2.23. The van der Waals surface area contributed by atoms with E-state index in [0.29, 0.717) is 17.9 Å². The van der Waals surface area contributed by atoms with Crippen molar-refractivity contribution in [2.75, 3.05) is 7.11 Å². The maximum atomic E-state index is 12.1. The van der Waals surface area contributed by atoms with Gasteiger partial charge in [0.1, 0.15) is 5.75 Å². The van der Waals surface area contributed by atoms with Crippen molar-refractivity contribution in [2.45, 2.75) is 6.54 Å². The molecule has 1 aromatic heterocycles. The van der Waals surface area contributed by atoms with E-state index in [2.05, 4.69) is 26.2 Å². The summed E-state index contributed by atoms with van der Waals surface area (Å²) >= 11 is 3.36. The van der Waals surface area contributed by atoms with Crippen LogP contribution in [0.25, 0.3) is 0 Å². The van der Waals surface area contributed by atoms with Gasteiger partial charge in [-0.1, -0.05) is 0 Å². The van der Waals surface area contributed by atoms with Crippen molar-refractivity contribution in [3.8, 4) is 5.75 Å². The molecule has 1 amide bonds. The molecular weight excluding hydrogens is 308 g/mol. The minimum absolute atomic E-state index is 0.150. The Hall–Kier alpha value is -1.88. The number of nitrogens with zero attached hydrogens (tertiary/aromatic N) is 1. The molecule has 0 radical (unpaired) electrons. The van der Waals surface area contributed by atoms with Gasteiger partial charge in [0.15, 0.2) is 0 Å². The second kappa shape index (κ2) is 6.33. The first-order chi connectivity index (χ1) is 9.20. The zero-order valence-electron chi connectivity index (χ0n) is 10.4. The quantitative estimate of drug-likeness (QED) is 0.942. The smallest absolute Gasteiger partial charge is 0.252 e. The molecule has 4 nitrogen and oxygen atoms in total. The van der Waals surface area contributed by atoms with E-state index in [9.17, 15) is 4.79 Å². The number of benzene rings is 1. The summed E-state index contributed by atoms with van der Waals surface area (Å²) in [5.74, 6) is 0.500. The largest absolute Gasteiger partial charge is 0.497 e. The Bertz CT molecular complexity index is 573. The van der Waals surface area contributed by atoms with Crippen molar-refractivity contribution in [3.63, 3.8) is 0 Å². The average Bonchev–Trinajstić information content (AvgIpc) is 2.46. The van der Waals surface area contributed by atoms with Gasteiger partial charge in [-0.25, -0.2) is 0 Å². The van der Waals surface area contributed by atoms with E-state index in [1.807, 2.05) is 12.1 Å². The van der Waals surface area contributed by atoms with Crippen molar-refractivity contribution in [2.24, 2.45) is 0 Å². The number of pyridine rings is 1. The van der Waals surface area contributed by atoms with Gasteiger partial charge in [0.2, 0.25) is 0 Å². The molecule has 5 heteroatoms. The van der Waals surface area contributed by atoms with Crippen LogP contribution in [-0.2, 0) is 6.54 Å². The Morgan fingerprint density at radius 1 is 1.32 bits per heavy atom. The molecule has 98 valence electrons. The Morgan fingerprint density at radius 3 is 2.74 bits per heavy atom. The summed E-state index contributed by atoms with van der Waals surface area (Å²) in [6.45, 7) is 0.463. The van der Waals surface area contributed by atoms with Crippen molar-refractivity contribution in [1.29, 1.82) is 0 Å². The summed E-state index contributed by atoms with van der Waals surface area (Å²) in [4.78, 5) is 16.0.